The number of nitrogens with zero attached hydrogens (tertiary/aromatic N) is 2. The number of ketones is 1. The molecule has 4 rings (SSSR count). The molecule has 2 atom stereocenters. The molecule has 1 N–H and O–H groups in total. The molecule has 1 aliphatic heterocycles. The highest BCUT2D eigenvalue weighted by Gasteiger charge is 2.46. The van der Waals surface area contributed by atoms with Gasteiger partial charge in [0, 0.05) is 23.2 Å². The molecular weight excluding hydrogens is 416 g/mol. The smallest absolute Gasteiger partial charge is 0.233 e. The number of likely N-dealkylation sites (tertiary alicyclic amines) is 1. The van der Waals surface area contributed by atoms with Crippen LogP contribution in [-0.2, 0) is 21.6 Å². The summed E-state index contributed by atoms with van der Waals surface area (Å²) in [5.74, 6) is 0.298. The summed E-state index contributed by atoms with van der Waals surface area (Å²) in [4.78, 5) is 31.1. The van der Waals surface area contributed by atoms with Crippen LogP contribution in [0.3, 0.4) is 0 Å². The lowest BCUT2D eigenvalue weighted by Gasteiger charge is -2.27. The van der Waals surface area contributed by atoms with Gasteiger partial charge in [0.1, 0.15) is 19.0 Å². The average molecular weight is 449 g/mol. The van der Waals surface area contributed by atoms with E-state index in [9.17, 15) is 9.59 Å². The van der Waals surface area contributed by atoms with Crippen molar-refractivity contribution >= 4 is 22.6 Å². The van der Waals surface area contributed by atoms with Gasteiger partial charge >= 0.3 is 0 Å². The first kappa shape index (κ1) is 24.4. The number of para-hydroxylation sites is 1. The van der Waals surface area contributed by atoms with Gasteiger partial charge in [-0.1, -0.05) is 37.8 Å². The van der Waals surface area contributed by atoms with Gasteiger partial charge < -0.3 is 14.7 Å². The van der Waals surface area contributed by atoms with Gasteiger partial charge in [-0.05, 0) is 57.0 Å². The van der Waals surface area contributed by atoms with Crippen LogP contribution in [0, 0.1) is 6.92 Å². The molecule has 2 aromatic carbocycles. The average Bonchev–Trinajstić information content (AvgIpc) is 3.12. The molecule has 0 unspecified atom stereocenters. The van der Waals surface area contributed by atoms with E-state index in [0.29, 0.717) is 19.6 Å². The molecule has 0 radical (unpaired) electrons. The van der Waals surface area contributed by atoms with E-state index in [1.54, 1.807) is 11.8 Å². The van der Waals surface area contributed by atoms with Gasteiger partial charge in [-0.2, -0.15) is 0 Å². The second-order valence-electron chi connectivity index (χ2n) is 8.63. The highest BCUT2D eigenvalue weighted by molar-refractivity contribution is 5.95. The Balaban J connectivity index is 0.00000306. The Morgan fingerprint density at radius 1 is 1.21 bits per heavy atom. The standard InChI is InChI=1S/C26H28N2O4.CH4/c1-17-14-19(22-6-4-5-7-23(22)27-17)16-32-21-10-8-20(9-11-21)26(3)12-13-28(25(26)31)18(2)24(30)15-29;/h4-11,14,18,29H,12-13,15-16H2,1-3H3;1H4/t18-,26+;/m1./s1. The first-order valence-electron chi connectivity index (χ1n) is 10.9. The van der Waals surface area contributed by atoms with Crippen molar-refractivity contribution in [1.82, 2.24) is 9.88 Å². The molecule has 0 bridgehead atoms. The zero-order chi connectivity index (χ0) is 22.9. The molecule has 1 aromatic heterocycles. The number of aliphatic hydroxyl groups is 1. The van der Waals surface area contributed by atoms with E-state index >= 15 is 0 Å². The van der Waals surface area contributed by atoms with Crippen LogP contribution in [0.25, 0.3) is 10.9 Å². The number of benzene rings is 2. The normalized spacial score (nSPS) is 18.8. The monoisotopic (exact) mass is 448 g/mol. The molecule has 2 heterocycles. The number of Topliss-reactive ketones (excluding diaryl/α,β-unsaturated/α-hetero) is 1. The van der Waals surface area contributed by atoms with Gasteiger partial charge in [0.15, 0.2) is 5.78 Å². The van der Waals surface area contributed by atoms with Crippen LogP contribution in [-0.4, -0.2) is 45.9 Å². The first-order valence-corrected chi connectivity index (χ1v) is 10.9. The predicted molar refractivity (Wildman–Crippen MR) is 129 cm³/mol. The maximum Gasteiger partial charge on any atom is 0.233 e. The van der Waals surface area contributed by atoms with Crippen molar-refractivity contribution in [1.29, 1.82) is 0 Å². The third-order valence-corrected chi connectivity index (χ3v) is 6.49. The van der Waals surface area contributed by atoms with Crippen LogP contribution in [0.1, 0.15) is 44.5 Å². The molecule has 33 heavy (non-hydrogen) atoms. The Morgan fingerprint density at radius 2 is 1.91 bits per heavy atom. The number of fused-ring (bicyclic) bond motifs is 1. The quantitative estimate of drug-likeness (QED) is 0.586. The minimum absolute atomic E-state index is 0. The Bertz CT molecular complexity index is 1160. The van der Waals surface area contributed by atoms with E-state index in [1.807, 2.05) is 68.4 Å². The number of aryl methyl sites for hydroxylation is 1. The van der Waals surface area contributed by atoms with Gasteiger partial charge in [0.25, 0.3) is 0 Å². The number of rotatable bonds is 7. The van der Waals surface area contributed by atoms with Crippen LogP contribution in [0.5, 0.6) is 5.75 Å². The van der Waals surface area contributed by atoms with Crippen LogP contribution in [0.15, 0.2) is 54.6 Å². The topological polar surface area (TPSA) is 79.7 Å². The molecule has 0 spiro atoms. The second-order valence-corrected chi connectivity index (χ2v) is 8.63. The minimum atomic E-state index is -0.694. The summed E-state index contributed by atoms with van der Waals surface area (Å²) < 4.78 is 6.04. The summed E-state index contributed by atoms with van der Waals surface area (Å²) in [5.41, 5.74) is 3.18. The Labute approximate surface area is 195 Å². The number of aromatic nitrogens is 1. The zero-order valence-corrected chi connectivity index (χ0v) is 18.7. The fraction of sp³-hybridized carbons (Fsp3) is 0.370. The minimum Gasteiger partial charge on any atom is -0.489 e. The van der Waals surface area contributed by atoms with E-state index < -0.39 is 18.1 Å². The summed E-state index contributed by atoms with van der Waals surface area (Å²) in [6.45, 7) is 5.92. The largest absolute Gasteiger partial charge is 0.489 e. The lowest BCUT2D eigenvalue weighted by Crippen LogP contribution is -2.44. The summed E-state index contributed by atoms with van der Waals surface area (Å²) in [6, 6.07) is 17.1. The molecule has 1 saturated heterocycles. The zero-order valence-electron chi connectivity index (χ0n) is 18.7. The molecule has 6 heteroatoms. The number of aliphatic hydroxyl groups excluding tert-OH is 1. The maximum absolute atomic E-state index is 13.1. The third kappa shape index (κ3) is 4.62. The van der Waals surface area contributed by atoms with Crippen molar-refractivity contribution in [3.8, 4) is 5.75 Å². The van der Waals surface area contributed by atoms with Gasteiger partial charge in [-0.3, -0.25) is 14.6 Å². The number of hydrogen-bond acceptors (Lipinski definition) is 5. The molecule has 0 aliphatic carbocycles. The molecule has 1 aliphatic rings. The number of pyridine rings is 1. The van der Waals surface area contributed by atoms with Gasteiger partial charge in [0.2, 0.25) is 5.91 Å². The summed E-state index contributed by atoms with van der Waals surface area (Å²) in [7, 11) is 0. The fourth-order valence-corrected chi connectivity index (χ4v) is 4.41. The van der Waals surface area contributed by atoms with Crippen LogP contribution < -0.4 is 4.74 Å². The van der Waals surface area contributed by atoms with Crippen LogP contribution in [0.2, 0.25) is 0 Å². The van der Waals surface area contributed by atoms with E-state index in [2.05, 4.69) is 4.98 Å². The molecule has 0 saturated carbocycles. The van der Waals surface area contributed by atoms with Crippen molar-refractivity contribution < 1.29 is 19.4 Å². The van der Waals surface area contributed by atoms with E-state index in [-0.39, 0.29) is 19.1 Å². The summed E-state index contributed by atoms with van der Waals surface area (Å²) in [5, 5.41) is 10.2. The number of hydrogen-bond donors (Lipinski definition) is 1. The molecule has 3 aromatic rings. The third-order valence-electron chi connectivity index (χ3n) is 6.49. The highest BCUT2D eigenvalue weighted by atomic mass is 16.5. The Kier molecular flexibility index (Phi) is 7.18. The molecular formula is C27H32N2O4. The highest BCUT2D eigenvalue weighted by Crippen LogP contribution is 2.37. The Morgan fingerprint density at radius 3 is 2.61 bits per heavy atom. The molecule has 1 amide bonds. The van der Waals surface area contributed by atoms with Crippen molar-refractivity contribution in [2.45, 2.75) is 52.7 Å². The van der Waals surface area contributed by atoms with Gasteiger partial charge in [-0.25, -0.2) is 0 Å². The SMILES string of the molecule is C.Cc1cc(COc2ccc([C@]3(C)CCN([C@H](C)C(=O)CO)C3=O)cc2)c2ccccc2n1. The first-order chi connectivity index (χ1) is 15.3. The molecule has 1 fully saturated rings. The van der Waals surface area contributed by atoms with E-state index in [0.717, 1.165) is 33.5 Å². The van der Waals surface area contributed by atoms with Crippen molar-refractivity contribution in [3.63, 3.8) is 0 Å². The number of ether oxygens (including phenoxy) is 1. The summed E-state index contributed by atoms with van der Waals surface area (Å²) in [6.07, 6.45) is 0.622. The lowest BCUT2D eigenvalue weighted by atomic mass is 9.81. The number of carbonyl (C=O) groups is 2. The van der Waals surface area contributed by atoms with Crippen LogP contribution >= 0.6 is 0 Å². The van der Waals surface area contributed by atoms with Gasteiger partial charge in [-0.15, -0.1) is 0 Å². The molecule has 174 valence electrons. The molecule has 6 nitrogen and oxygen atoms in total. The fourth-order valence-electron chi connectivity index (χ4n) is 4.41. The van der Waals surface area contributed by atoms with Crippen molar-refractivity contribution in [2.24, 2.45) is 0 Å². The number of carbonyl (C=O) groups excluding carboxylic acids is 2. The Hall–Kier alpha value is -3.25. The van der Waals surface area contributed by atoms with Crippen molar-refractivity contribution in [3.05, 3.63) is 71.4 Å². The van der Waals surface area contributed by atoms with Crippen molar-refractivity contribution in [2.75, 3.05) is 13.2 Å². The summed E-state index contributed by atoms with van der Waals surface area (Å²) >= 11 is 0. The second kappa shape index (κ2) is 9.71. The van der Waals surface area contributed by atoms with E-state index in [4.69, 9.17) is 9.84 Å². The predicted octanol–water partition coefficient (Wildman–Crippen LogP) is 4.20. The lowest BCUT2D eigenvalue weighted by molar-refractivity contribution is -0.139. The maximum atomic E-state index is 13.1. The number of amides is 1. The van der Waals surface area contributed by atoms with Gasteiger partial charge in [0.05, 0.1) is 17.0 Å². The van der Waals surface area contributed by atoms with Crippen LogP contribution in [0.4, 0.5) is 0 Å². The van der Waals surface area contributed by atoms with E-state index in [1.165, 1.54) is 0 Å².